The Morgan fingerprint density at radius 1 is 1.67 bits per heavy atom. The van der Waals surface area contributed by atoms with E-state index in [2.05, 4.69) is 21.9 Å². The lowest BCUT2D eigenvalue weighted by molar-refractivity contribution is 0.102. The number of carbonyl (C=O) groups excluding carboxylic acids is 1. The summed E-state index contributed by atoms with van der Waals surface area (Å²) in [5, 5.41) is 3.36. The van der Waals surface area contributed by atoms with Gasteiger partial charge in [-0.2, -0.15) is 0 Å². The van der Waals surface area contributed by atoms with Crippen LogP contribution in [0.15, 0.2) is 17.2 Å². The highest BCUT2D eigenvalue weighted by molar-refractivity contribution is 7.14. The second-order valence-corrected chi connectivity index (χ2v) is 3.81. The largest absolute Gasteiger partial charge is 0.294 e. The highest BCUT2D eigenvalue weighted by atomic mass is 32.1. The molecule has 0 radical (unpaired) electrons. The second-order valence-electron chi connectivity index (χ2n) is 2.73. The maximum Gasteiger partial charge on any atom is 0.169 e. The molecule has 1 heterocycles. The van der Waals surface area contributed by atoms with Gasteiger partial charge in [-0.05, 0) is 24.6 Å². The van der Waals surface area contributed by atoms with E-state index >= 15 is 0 Å². The van der Waals surface area contributed by atoms with E-state index in [4.69, 9.17) is 5.53 Å². The van der Waals surface area contributed by atoms with Gasteiger partial charge in [0.25, 0.3) is 0 Å². The molecule has 0 saturated carbocycles. The van der Waals surface area contributed by atoms with Crippen molar-refractivity contribution in [3.8, 4) is 11.8 Å². The van der Waals surface area contributed by atoms with Crippen molar-refractivity contribution in [1.29, 1.82) is 0 Å². The third-order valence-corrected chi connectivity index (χ3v) is 2.67. The van der Waals surface area contributed by atoms with E-state index in [1.807, 2.05) is 6.07 Å². The number of hydrogen-bond acceptors (Lipinski definition) is 3. The first-order chi connectivity index (χ1) is 7.24. The summed E-state index contributed by atoms with van der Waals surface area (Å²) in [7, 11) is 0. The van der Waals surface area contributed by atoms with Crippen molar-refractivity contribution in [3.63, 3.8) is 0 Å². The molecule has 1 aromatic rings. The Bertz CT molecular complexity index is 461. The number of rotatable bonds is 3. The number of hydrogen-bond donors (Lipinski definition) is 0. The van der Waals surface area contributed by atoms with Crippen LogP contribution in [0.5, 0.6) is 0 Å². The van der Waals surface area contributed by atoms with Crippen LogP contribution in [-0.2, 0) is 0 Å². The fourth-order valence-electron chi connectivity index (χ4n) is 0.895. The molecule has 0 N–H and O–H groups in total. The Morgan fingerprint density at radius 2 is 2.47 bits per heavy atom. The van der Waals surface area contributed by atoms with Crippen LogP contribution in [0.25, 0.3) is 10.4 Å². The zero-order chi connectivity index (χ0) is 11.1. The number of azide groups is 1. The molecule has 1 rings (SSSR count). The highest BCUT2D eigenvalue weighted by Crippen LogP contribution is 2.15. The smallest absolute Gasteiger partial charge is 0.169 e. The van der Waals surface area contributed by atoms with Crippen molar-refractivity contribution in [2.75, 3.05) is 6.54 Å². The van der Waals surface area contributed by atoms with Gasteiger partial charge in [0.15, 0.2) is 5.78 Å². The van der Waals surface area contributed by atoms with Gasteiger partial charge in [-0.3, -0.25) is 4.79 Å². The molecule has 0 bridgehead atoms. The zero-order valence-corrected chi connectivity index (χ0v) is 9.04. The van der Waals surface area contributed by atoms with Crippen LogP contribution in [0.4, 0.5) is 0 Å². The minimum atomic E-state index is 0.0575. The summed E-state index contributed by atoms with van der Waals surface area (Å²) in [6.07, 6.45) is 0.539. The Labute approximate surface area is 91.6 Å². The quantitative estimate of drug-likeness (QED) is 0.192. The lowest BCUT2D eigenvalue weighted by Crippen LogP contribution is -1.83. The Morgan fingerprint density at radius 3 is 3.07 bits per heavy atom. The molecule has 4 nitrogen and oxygen atoms in total. The molecule has 0 saturated heterocycles. The van der Waals surface area contributed by atoms with Crippen molar-refractivity contribution in [2.24, 2.45) is 5.11 Å². The molecule has 5 heteroatoms. The number of ketones is 1. The van der Waals surface area contributed by atoms with E-state index in [0.717, 1.165) is 4.88 Å². The summed E-state index contributed by atoms with van der Waals surface area (Å²) in [6.45, 7) is 1.92. The van der Waals surface area contributed by atoms with Gasteiger partial charge in [0.2, 0.25) is 0 Å². The van der Waals surface area contributed by atoms with Gasteiger partial charge in [0.05, 0.1) is 9.75 Å². The van der Waals surface area contributed by atoms with E-state index < -0.39 is 0 Å². The number of Topliss-reactive ketones (excluding diaryl/α,β-unsaturated/α-hetero) is 1. The number of nitrogens with zero attached hydrogens (tertiary/aromatic N) is 3. The fraction of sp³-hybridized carbons (Fsp3) is 0.300. The highest BCUT2D eigenvalue weighted by Gasteiger charge is 2.01. The third kappa shape index (κ3) is 3.86. The van der Waals surface area contributed by atoms with Gasteiger partial charge in [0.1, 0.15) is 0 Å². The molecular formula is C10H9N3OS. The van der Waals surface area contributed by atoms with Gasteiger partial charge >= 0.3 is 0 Å². The first-order valence-electron chi connectivity index (χ1n) is 4.34. The van der Waals surface area contributed by atoms with Gasteiger partial charge in [0, 0.05) is 17.9 Å². The SMILES string of the molecule is CC(=O)c1ccc(C#CCCN=[N+]=[N-])s1. The molecule has 0 unspecified atom stereocenters. The average Bonchev–Trinajstić information content (AvgIpc) is 2.66. The van der Waals surface area contributed by atoms with Crippen molar-refractivity contribution >= 4 is 17.1 Å². The molecule has 0 aliphatic rings. The predicted molar refractivity (Wildman–Crippen MR) is 59.8 cm³/mol. The van der Waals surface area contributed by atoms with Crippen LogP contribution < -0.4 is 0 Å². The molecule has 0 aliphatic carbocycles. The lowest BCUT2D eigenvalue weighted by atomic mass is 10.3. The summed E-state index contributed by atoms with van der Waals surface area (Å²) < 4.78 is 0. The molecule has 1 aromatic heterocycles. The molecule has 76 valence electrons. The maximum atomic E-state index is 11.0. The van der Waals surface area contributed by atoms with Crippen LogP contribution >= 0.6 is 11.3 Å². The van der Waals surface area contributed by atoms with E-state index in [1.165, 1.54) is 18.3 Å². The monoisotopic (exact) mass is 219 g/mol. The minimum Gasteiger partial charge on any atom is -0.294 e. The van der Waals surface area contributed by atoms with Crippen molar-refractivity contribution in [1.82, 2.24) is 0 Å². The van der Waals surface area contributed by atoms with E-state index in [1.54, 1.807) is 6.07 Å². The summed E-state index contributed by atoms with van der Waals surface area (Å²) in [5.41, 5.74) is 8.02. The predicted octanol–water partition coefficient (Wildman–Crippen LogP) is 3.00. The van der Waals surface area contributed by atoms with Gasteiger partial charge in [-0.1, -0.05) is 17.0 Å². The standard InChI is InChI=1S/C10H9N3OS/c1-8(14)10-6-5-9(15-10)4-2-3-7-12-13-11/h5-6H,3,7H2,1H3. The summed E-state index contributed by atoms with van der Waals surface area (Å²) >= 11 is 1.38. The van der Waals surface area contributed by atoms with E-state index in [-0.39, 0.29) is 5.78 Å². The molecule has 0 spiro atoms. The second kappa shape index (κ2) is 5.86. The van der Waals surface area contributed by atoms with Crippen LogP contribution in [0.3, 0.4) is 0 Å². The fourth-order valence-corrected chi connectivity index (χ4v) is 1.67. The molecule has 0 amide bonds. The Hall–Kier alpha value is -1.76. The molecule has 15 heavy (non-hydrogen) atoms. The van der Waals surface area contributed by atoms with Crippen LogP contribution in [0.2, 0.25) is 0 Å². The summed E-state index contributed by atoms with van der Waals surface area (Å²) in [4.78, 5) is 15.2. The lowest BCUT2D eigenvalue weighted by Gasteiger charge is -1.82. The number of thiophene rings is 1. The topological polar surface area (TPSA) is 65.8 Å². The van der Waals surface area contributed by atoms with Crippen LogP contribution in [-0.4, -0.2) is 12.3 Å². The Balaban J connectivity index is 2.56. The van der Waals surface area contributed by atoms with E-state index in [0.29, 0.717) is 17.8 Å². The molecular weight excluding hydrogens is 210 g/mol. The van der Waals surface area contributed by atoms with Crippen molar-refractivity contribution in [2.45, 2.75) is 13.3 Å². The first-order valence-corrected chi connectivity index (χ1v) is 5.16. The van der Waals surface area contributed by atoms with Crippen molar-refractivity contribution in [3.05, 3.63) is 32.3 Å². The molecule has 0 fully saturated rings. The molecule has 0 aromatic carbocycles. The van der Waals surface area contributed by atoms with E-state index in [9.17, 15) is 4.79 Å². The third-order valence-electron chi connectivity index (χ3n) is 1.56. The zero-order valence-electron chi connectivity index (χ0n) is 8.23. The number of carbonyl (C=O) groups is 1. The van der Waals surface area contributed by atoms with Crippen LogP contribution in [0, 0.1) is 11.8 Å². The first kappa shape index (κ1) is 11.3. The van der Waals surface area contributed by atoms with Crippen LogP contribution in [0.1, 0.15) is 27.9 Å². The Kier molecular flexibility index (Phi) is 4.42. The minimum absolute atomic E-state index is 0.0575. The summed E-state index contributed by atoms with van der Waals surface area (Å²) in [6, 6.07) is 3.59. The molecule has 0 aliphatic heterocycles. The maximum absolute atomic E-state index is 11.0. The van der Waals surface area contributed by atoms with Gasteiger partial charge in [-0.25, -0.2) is 0 Å². The average molecular weight is 219 g/mol. The normalized spacial score (nSPS) is 8.60. The van der Waals surface area contributed by atoms with Crippen molar-refractivity contribution < 1.29 is 4.79 Å². The molecule has 0 atom stereocenters. The summed E-state index contributed by atoms with van der Waals surface area (Å²) in [5.74, 6) is 5.84. The van der Waals surface area contributed by atoms with Gasteiger partial charge < -0.3 is 0 Å². The van der Waals surface area contributed by atoms with Gasteiger partial charge in [-0.15, -0.1) is 11.3 Å².